The zero-order valence-corrected chi connectivity index (χ0v) is 14.7. The standard InChI is InChI=1S/C20H20N2O3/c1-12-17-7-5-6-8-18(17)21-13(2)19(12)20(23)22-14-9-15(24-3)11-16(10-14)25-4/h5-11H,1-4H3,(H,22,23). The number of aryl methyl sites for hydroxylation is 2. The van der Waals surface area contributed by atoms with Crippen LogP contribution < -0.4 is 14.8 Å². The summed E-state index contributed by atoms with van der Waals surface area (Å²) < 4.78 is 10.5. The monoisotopic (exact) mass is 336 g/mol. The number of aromatic nitrogens is 1. The highest BCUT2D eigenvalue weighted by atomic mass is 16.5. The van der Waals surface area contributed by atoms with E-state index < -0.39 is 0 Å². The molecule has 5 nitrogen and oxygen atoms in total. The van der Waals surface area contributed by atoms with E-state index in [4.69, 9.17) is 9.47 Å². The molecule has 0 saturated heterocycles. The van der Waals surface area contributed by atoms with Gasteiger partial charge in [-0.1, -0.05) is 18.2 Å². The molecule has 1 amide bonds. The molecule has 3 aromatic rings. The van der Waals surface area contributed by atoms with E-state index in [1.165, 1.54) is 0 Å². The zero-order valence-electron chi connectivity index (χ0n) is 14.7. The number of fused-ring (bicyclic) bond motifs is 1. The van der Waals surface area contributed by atoms with Gasteiger partial charge in [0, 0.05) is 29.3 Å². The normalized spacial score (nSPS) is 10.6. The van der Waals surface area contributed by atoms with E-state index in [1.807, 2.05) is 38.1 Å². The number of nitrogens with one attached hydrogen (secondary N) is 1. The highest BCUT2D eigenvalue weighted by molar-refractivity contribution is 6.08. The second kappa shape index (κ2) is 6.81. The Morgan fingerprint density at radius 1 is 1.00 bits per heavy atom. The highest BCUT2D eigenvalue weighted by Gasteiger charge is 2.17. The molecule has 128 valence electrons. The van der Waals surface area contributed by atoms with Crippen LogP contribution in [0.2, 0.25) is 0 Å². The predicted molar refractivity (Wildman–Crippen MR) is 98.7 cm³/mol. The summed E-state index contributed by atoms with van der Waals surface area (Å²) >= 11 is 0. The van der Waals surface area contributed by atoms with E-state index >= 15 is 0 Å². The number of hydrogen-bond acceptors (Lipinski definition) is 4. The van der Waals surface area contributed by atoms with Crippen LogP contribution in [0, 0.1) is 13.8 Å². The lowest BCUT2D eigenvalue weighted by atomic mass is 10.0. The first-order valence-corrected chi connectivity index (χ1v) is 7.94. The number of para-hydroxylation sites is 1. The number of pyridine rings is 1. The van der Waals surface area contributed by atoms with E-state index in [2.05, 4.69) is 10.3 Å². The van der Waals surface area contributed by atoms with Crippen molar-refractivity contribution in [3.8, 4) is 11.5 Å². The number of rotatable bonds is 4. The average molecular weight is 336 g/mol. The van der Waals surface area contributed by atoms with E-state index in [1.54, 1.807) is 32.4 Å². The first-order chi connectivity index (χ1) is 12.0. The van der Waals surface area contributed by atoms with Gasteiger partial charge in [0.15, 0.2) is 0 Å². The molecule has 2 aromatic carbocycles. The van der Waals surface area contributed by atoms with Crippen molar-refractivity contribution in [3.63, 3.8) is 0 Å². The van der Waals surface area contributed by atoms with Crippen LogP contribution >= 0.6 is 0 Å². The average Bonchev–Trinajstić information content (AvgIpc) is 2.61. The second-order valence-electron chi connectivity index (χ2n) is 5.77. The largest absolute Gasteiger partial charge is 0.497 e. The fourth-order valence-electron chi connectivity index (χ4n) is 2.94. The van der Waals surface area contributed by atoms with E-state index in [-0.39, 0.29) is 5.91 Å². The van der Waals surface area contributed by atoms with E-state index in [0.717, 1.165) is 16.5 Å². The van der Waals surface area contributed by atoms with Crippen molar-refractivity contribution in [3.05, 3.63) is 59.3 Å². The Kier molecular flexibility index (Phi) is 4.57. The summed E-state index contributed by atoms with van der Waals surface area (Å²) in [6, 6.07) is 13.1. The lowest BCUT2D eigenvalue weighted by Gasteiger charge is -2.14. The molecule has 0 saturated carbocycles. The summed E-state index contributed by atoms with van der Waals surface area (Å²) in [4.78, 5) is 17.4. The number of benzene rings is 2. The first-order valence-electron chi connectivity index (χ1n) is 7.94. The van der Waals surface area contributed by atoms with Crippen molar-refractivity contribution >= 4 is 22.5 Å². The second-order valence-corrected chi connectivity index (χ2v) is 5.77. The van der Waals surface area contributed by atoms with Crippen LogP contribution in [0.3, 0.4) is 0 Å². The molecule has 0 aliphatic heterocycles. The minimum absolute atomic E-state index is 0.205. The van der Waals surface area contributed by atoms with Crippen molar-refractivity contribution in [2.45, 2.75) is 13.8 Å². The molecule has 0 radical (unpaired) electrons. The van der Waals surface area contributed by atoms with Crippen molar-refractivity contribution in [1.29, 1.82) is 0 Å². The summed E-state index contributed by atoms with van der Waals surface area (Å²) in [5, 5.41) is 3.89. The summed E-state index contributed by atoms with van der Waals surface area (Å²) in [5.74, 6) is 1.02. The third-order valence-corrected chi connectivity index (χ3v) is 4.17. The lowest BCUT2D eigenvalue weighted by molar-refractivity contribution is 0.102. The van der Waals surface area contributed by atoms with Crippen molar-refractivity contribution in [1.82, 2.24) is 4.98 Å². The molecule has 0 spiro atoms. The van der Waals surface area contributed by atoms with Gasteiger partial charge in [0.1, 0.15) is 11.5 Å². The van der Waals surface area contributed by atoms with E-state index in [0.29, 0.717) is 28.4 Å². The van der Waals surface area contributed by atoms with Crippen LogP contribution in [0.1, 0.15) is 21.6 Å². The maximum atomic E-state index is 12.9. The number of hydrogen-bond donors (Lipinski definition) is 1. The molecule has 1 aromatic heterocycles. The molecule has 0 atom stereocenters. The molecule has 0 fully saturated rings. The molecule has 0 unspecified atom stereocenters. The van der Waals surface area contributed by atoms with Gasteiger partial charge in [-0.05, 0) is 25.5 Å². The van der Waals surface area contributed by atoms with Gasteiger partial charge in [-0.25, -0.2) is 0 Å². The molecule has 0 aliphatic rings. The minimum atomic E-state index is -0.205. The number of ether oxygens (including phenoxy) is 2. The summed E-state index contributed by atoms with van der Waals surface area (Å²) in [6.45, 7) is 3.79. The van der Waals surface area contributed by atoms with Gasteiger partial charge >= 0.3 is 0 Å². The quantitative estimate of drug-likeness (QED) is 0.778. The molecule has 0 bridgehead atoms. The van der Waals surface area contributed by atoms with Crippen LogP contribution in [0.5, 0.6) is 11.5 Å². The molecule has 25 heavy (non-hydrogen) atoms. The van der Waals surface area contributed by atoms with Crippen molar-refractivity contribution in [2.75, 3.05) is 19.5 Å². The van der Waals surface area contributed by atoms with Gasteiger partial charge in [-0.3, -0.25) is 9.78 Å². The SMILES string of the molecule is COc1cc(NC(=O)c2c(C)nc3ccccc3c2C)cc(OC)c1. The fourth-order valence-corrected chi connectivity index (χ4v) is 2.94. The van der Waals surface area contributed by atoms with Crippen molar-refractivity contribution in [2.24, 2.45) is 0 Å². The summed E-state index contributed by atoms with van der Waals surface area (Å²) in [7, 11) is 3.14. The third kappa shape index (κ3) is 3.26. The minimum Gasteiger partial charge on any atom is -0.497 e. The Hall–Kier alpha value is -3.08. The Balaban J connectivity index is 2.01. The fraction of sp³-hybridized carbons (Fsp3) is 0.200. The number of amides is 1. The van der Waals surface area contributed by atoms with Crippen LogP contribution in [-0.4, -0.2) is 25.1 Å². The smallest absolute Gasteiger partial charge is 0.257 e. The van der Waals surface area contributed by atoms with E-state index in [9.17, 15) is 4.79 Å². The van der Waals surface area contributed by atoms with Gasteiger partial charge in [0.25, 0.3) is 5.91 Å². The summed E-state index contributed by atoms with van der Waals surface area (Å²) in [5.41, 5.74) is 3.68. The number of carbonyl (C=O) groups excluding carboxylic acids is 1. The van der Waals surface area contributed by atoms with Gasteiger partial charge < -0.3 is 14.8 Å². The molecule has 5 heteroatoms. The molecule has 0 aliphatic carbocycles. The molecule has 1 N–H and O–H groups in total. The lowest BCUT2D eigenvalue weighted by Crippen LogP contribution is -2.16. The molecular formula is C20H20N2O3. The number of anilines is 1. The number of methoxy groups -OCH3 is 2. The maximum absolute atomic E-state index is 12.9. The third-order valence-electron chi connectivity index (χ3n) is 4.17. The van der Waals surface area contributed by atoms with Crippen LogP contribution in [0.25, 0.3) is 10.9 Å². The highest BCUT2D eigenvalue weighted by Crippen LogP contribution is 2.27. The van der Waals surface area contributed by atoms with Gasteiger partial charge in [-0.2, -0.15) is 0 Å². The Labute approximate surface area is 146 Å². The van der Waals surface area contributed by atoms with Crippen LogP contribution in [-0.2, 0) is 0 Å². The molecule has 1 heterocycles. The Morgan fingerprint density at radius 2 is 1.64 bits per heavy atom. The summed E-state index contributed by atoms with van der Waals surface area (Å²) in [6.07, 6.45) is 0. The van der Waals surface area contributed by atoms with Crippen LogP contribution in [0.15, 0.2) is 42.5 Å². The zero-order chi connectivity index (χ0) is 18.0. The van der Waals surface area contributed by atoms with Crippen molar-refractivity contribution < 1.29 is 14.3 Å². The Bertz CT molecular complexity index is 929. The van der Waals surface area contributed by atoms with Crippen LogP contribution in [0.4, 0.5) is 5.69 Å². The number of carbonyl (C=O) groups is 1. The topological polar surface area (TPSA) is 60.5 Å². The Morgan fingerprint density at radius 3 is 2.28 bits per heavy atom. The van der Waals surface area contributed by atoms with Gasteiger partial charge in [0.2, 0.25) is 0 Å². The first kappa shape index (κ1) is 16.8. The number of nitrogens with zero attached hydrogens (tertiary/aromatic N) is 1. The molecule has 3 rings (SSSR count). The maximum Gasteiger partial charge on any atom is 0.257 e. The van der Waals surface area contributed by atoms with Gasteiger partial charge in [-0.15, -0.1) is 0 Å². The predicted octanol–water partition coefficient (Wildman–Crippen LogP) is 4.12. The van der Waals surface area contributed by atoms with Gasteiger partial charge in [0.05, 0.1) is 31.0 Å². The molecular weight excluding hydrogens is 316 g/mol.